The number of thioether (sulfide) groups is 1. The number of likely N-dealkylation sites (N-methyl/N-ethyl adjacent to an activating group) is 1. The van der Waals surface area contributed by atoms with Crippen molar-refractivity contribution >= 4 is 52.1 Å². The zero-order chi connectivity index (χ0) is 18.8. The van der Waals surface area contributed by atoms with E-state index >= 15 is 0 Å². The zero-order valence-corrected chi connectivity index (χ0v) is 16.6. The van der Waals surface area contributed by atoms with Crippen molar-refractivity contribution < 1.29 is 9.21 Å². The van der Waals surface area contributed by atoms with E-state index in [0.717, 1.165) is 24.7 Å². The van der Waals surface area contributed by atoms with Gasteiger partial charge in [-0.1, -0.05) is 11.6 Å². The van der Waals surface area contributed by atoms with Crippen LogP contribution in [0.1, 0.15) is 25.5 Å². The Bertz CT molecular complexity index is 898. The van der Waals surface area contributed by atoms with Crippen molar-refractivity contribution in [1.82, 2.24) is 4.90 Å². The number of nitrogens with zero attached hydrogens (tertiary/aromatic N) is 3. The van der Waals surface area contributed by atoms with Crippen LogP contribution in [0.2, 0.25) is 5.02 Å². The third-order valence-corrected chi connectivity index (χ3v) is 5.82. The van der Waals surface area contributed by atoms with Crippen molar-refractivity contribution in [3.05, 3.63) is 52.1 Å². The Kier molecular flexibility index (Phi) is 5.27. The number of amides is 1. The van der Waals surface area contributed by atoms with Crippen LogP contribution in [0.25, 0.3) is 6.08 Å². The standard InChI is InChI=1S/C20H20ClN3O2S/c1-2-24-19(25)17(27-20(24)22-15-7-5-14(21)6-8-15)13-16-9-10-18(26-16)23-11-3-4-12-23/h5-10,13H,2-4,11-12H2,1H3/b17-13+,22-20?. The number of benzene rings is 1. The molecule has 0 saturated carbocycles. The van der Waals surface area contributed by atoms with Gasteiger partial charge in [0.1, 0.15) is 5.76 Å². The van der Waals surface area contributed by atoms with Gasteiger partial charge in [0.15, 0.2) is 11.1 Å². The van der Waals surface area contributed by atoms with Gasteiger partial charge in [-0.3, -0.25) is 9.69 Å². The molecule has 2 aliphatic rings. The fraction of sp³-hybridized carbons (Fsp3) is 0.300. The van der Waals surface area contributed by atoms with E-state index in [4.69, 9.17) is 16.0 Å². The van der Waals surface area contributed by atoms with E-state index in [-0.39, 0.29) is 5.91 Å². The number of hydrogen-bond acceptors (Lipinski definition) is 5. The third-order valence-electron chi connectivity index (χ3n) is 4.56. The Morgan fingerprint density at radius 1 is 1.19 bits per heavy atom. The molecule has 0 atom stereocenters. The summed E-state index contributed by atoms with van der Waals surface area (Å²) in [5.41, 5.74) is 0.767. The van der Waals surface area contributed by atoms with E-state index in [1.165, 1.54) is 24.6 Å². The fourth-order valence-electron chi connectivity index (χ4n) is 3.15. The van der Waals surface area contributed by atoms with Gasteiger partial charge >= 0.3 is 0 Å². The van der Waals surface area contributed by atoms with Crippen molar-refractivity contribution in [2.45, 2.75) is 19.8 Å². The van der Waals surface area contributed by atoms with Crippen LogP contribution in [-0.4, -0.2) is 35.6 Å². The number of halogens is 1. The lowest BCUT2D eigenvalue weighted by Crippen LogP contribution is -2.28. The first kappa shape index (κ1) is 18.2. The smallest absolute Gasteiger partial charge is 0.266 e. The molecule has 0 unspecified atom stereocenters. The van der Waals surface area contributed by atoms with Crippen LogP contribution in [0.5, 0.6) is 0 Å². The summed E-state index contributed by atoms with van der Waals surface area (Å²) in [4.78, 5) is 21.9. The summed E-state index contributed by atoms with van der Waals surface area (Å²) in [5.74, 6) is 1.52. The molecule has 1 amide bonds. The Hall–Kier alpha value is -2.18. The maximum atomic E-state index is 12.7. The normalized spacial score (nSPS) is 20.4. The largest absolute Gasteiger partial charge is 0.441 e. The number of hydrogen-bond donors (Lipinski definition) is 0. The number of amidine groups is 1. The van der Waals surface area contributed by atoms with E-state index in [1.54, 1.807) is 23.1 Å². The van der Waals surface area contributed by atoms with Crippen LogP contribution in [-0.2, 0) is 4.79 Å². The van der Waals surface area contributed by atoms with E-state index in [9.17, 15) is 4.79 Å². The monoisotopic (exact) mass is 401 g/mol. The molecule has 5 nitrogen and oxygen atoms in total. The molecule has 2 aliphatic heterocycles. The number of carbonyl (C=O) groups excluding carboxylic acids is 1. The second-order valence-corrected chi connectivity index (χ2v) is 7.85. The first-order chi connectivity index (χ1) is 13.1. The number of rotatable bonds is 4. The minimum absolute atomic E-state index is 0.0469. The molecule has 140 valence electrons. The summed E-state index contributed by atoms with van der Waals surface area (Å²) in [6.45, 7) is 4.56. The number of anilines is 1. The van der Waals surface area contributed by atoms with E-state index < -0.39 is 0 Å². The Morgan fingerprint density at radius 2 is 1.93 bits per heavy atom. The predicted molar refractivity (Wildman–Crippen MR) is 112 cm³/mol. The molecule has 0 N–H and O–H groups in total. The van der Waals surface area contributed by atoms with Gasteiger partial charge < -0.3 is 9.32 Å². The molecule has 0 spiro atoms. The highest BCUT2D eigenvalue weighted by Gasteiger charge is 2.32. The molecule has 0 aliphatic carbocycles. The van der Waals surface area contributed by atoms with E-state index in [0.29, 0.717) is 27.4 Å². The van der Waals surface area contributed by atoms with Crippen molar-refractivity contribution in [3.63, 3.8) is 0 Å². The maximum absolute atomic E-state index is 12.7. The molecule has 0 bridgehead atoms. The topological polar surface area (TPSA) is 49.1 Å². The average molecular weight is 402 g/mol. The summed E-state index contributed by atoms with van der Waals surface area (Å²) < 4.78 is 5.92. The zero-order valence-electron chi connectivity index (χ0n) is 15.0. The van der Waals surface area contributed by atoms with Gasteiger partial charge in [-0.25, -0.2) is 4.99 Å². The SMILES string of the molecule is CCN1C(=O)/C(=C\c2ccc(N3CCCC3)o2)SC1=Nc1ccc(Cl)cc1. The van der Waals surface area contributed by atoms with Gasteiger partial charge in [-0.05, 0) is 61.9 Å². The quantitative estimate of drug-likeness (QED) is 0.664. The van der Waals surface area contributed by atoms with Crippen LogP contribution in [0.15, 0.2) is 50.7 Å². The molecule has 4 rings (SSSR count). The minimum Gasteiger partial charge on any atom is -0.441 e. The molecule has 0 radical (unpaired) electrons. The van der Waals surface area contributed by atoms with Gasteiger partial charge in [-0.15, -0.1) is 0 Å². The first-order valence-electron chi connectivity index (χ1n) is 9.04. The Morgan fingerprint density at radius 3 is 2.63 bits per heavy atom. The van der Waals surface area contributed by atoms with Crippen molar-refractivity contribution in [2.24, 2.45) is 4.99 Å². The molecule has 7 heteroatoms. The average Bonchev–Trinajstić information content (AvgIpc) is 3.39. The third kappa shape index (κ3) is 3.92. The van der Waals surface area contributed by atoms with Crippen LogP contribution >= 0.6 is 23.4 Å². The van der Waals surface area contributed by atoms with Crippen LogP contribution < -0.4 is 4.90 Å². The lowest BCUT2D eigenvalue weighted by molar-refractivity contribution is -0.122. The van der Waals surface area contributed by atoms with Gasteiger partial charge in [0.25, 0.3) is 5.91 Å². The van der Waals surface area contributed by atoms with Crippen LogP contribution in [0, 0.1) is 0 Å². The highest BCUT2D eigenvalue weighted by atomic mass is 35.5. The fourth-order valence-corrected chi connectivity index (χ4v) is 4.32. The molecular formula is C20H20ClN3O2S. The molecule has 2 fully saturated rings. The molecular weight excluding hydrogens is 382 g/mol. The molecule has 2 saturated heterocycles. The summed E-state index contributed by atoms with van der Waals surface area (Å²) in [6.07, 6.45) is 4.20. The van der Waals surface area contributed by atoms with Crippen molar-refractivity contribution in [2.75, 3.05) is 24.5 Å². The number of furan rings is 1. The van der Waals surface area contributed by atoms with Gasteiger partial charge in [-0.2, -0.15) is 0 Å². The molecule has 3 heterocycles. The van der Waals surface area contributed by atoms with Crippen molar-refractivity contribution in [3.8, 4) is 0 Å². The van der Waals surface area contributed by atoms with Gasteiger partial charge in [0, 0.05) is 36.8 Å². The van der Waals surface area contributed by atoms with E-state index in [2.05, 4.69) is 9.89 Å². The highest BCUT2D eigenvalue weighted by molar-refractivity contribution is 8.18. The minimum atomic E-state index is -0.0469. The summed E-state index contributed by atoms with van der Waals surface area (Å²) in [6, 6.07) is 11.1. The van der Waals surface area contributed by atoms with E-state index in [1.807, 2.05) is 31.2 Å². The number of carbonyl (C=O) groups is 1. The number of aliphatic imine (C=N–C) groups is 1. The molecule has 1 aromatic carbocycles. The molecule has 27 heavy (non-hydrogen) atoms. The van der Waals surface area contributed by atoms with Gasteiger partial charge in [0.2, 0.25) is 0 Å². The van der Waals surface area contributed by atoms with Gasteiger partial charge in [0.05, 0.1) is 10.6 Å². The van der Waals surface area contributed by atoms with Crippen LogP contribution in [0.4, 0.5) is 11.6 Å². The Labute approximate surface area is 167 Å². The molecule has 1 aromatic heterocycles. The summed E-state index contributed by atoms with van der Waals surface area (Å²) in [7, 11) is 0. The maximum Gasteiger partial charge on any atom is 0.266 e. The lowest BCUT2D eigenvalue weighted by Gasteiger charge is -2.12. The second-order valence-electron chi connectivity index (χ2n) is 6.40. The molecule has 2 aromatic rings. The lowest BCUT2D eigenvalue weighted by atomic mass is 10.3. The predicted octanol–water partition coefficient (Wildman–Crippen LogP) is 5.16. The summed E-state index contributed by atoms with van der Waals surface area (Å²) >= 11 is 7.30. The second kappa shape index (κ2) is 7.82. The summed E-state index contributed by atoms with van der Waals surface area (Å²) in [5, 5.41) is 1.33. The highest BCUT2D eigenvalue weighted by Crippen LogP contribution is 2.35. The Balaban J connectivity index is 1.57. The first-order valence-corrected chi connectivity index (χ1v) is 10.2. The van der Waals surface area contributed by atoms with Crippen molar-refractivity contribution in [1.29, 1.82) is 0 Å². The van der Waals surface area contributed by atoms with Crippen LogP contribution in [0.3, 0.4) is 0 Å².